The standard InChI is InChI=1S/C20H25N3O2/c1-20(2,3)25-19(24)23-15-6-4-7-16(23)13-14(12-15)17-8-5-9-18-21-10-11-22(17)18/h5,8-12,15-16H,4,6-7,13H2,1-3H3. The van der Waals surface area contributed by atoms with Gasteiger partial charge in [0.05, 0.1) is 11.7 Å². The number of carbonyl (C=O) groups excluding carboxylic acids is 1. The summed E-state index contributed by atoms with van der Waals surface area (Å²) >= 11 is 0. The van der Waals surface area contributed by atoms with Gasteiger partial charge in [-0.05, 0) is 64.2 Å². The van der Waals surface area contributed by atoms with Crippen LogP contribution in [0.5, 0.6) is 0 Å². The average molecular weight is 339 g/mol. The van der Waals surface area contributed by atoms with Crippen LogP contribution in [0.4, 0.5) is 4.79 Å². The molecule has 0 radical (unpaired) electrons. The van der Waals surface area contributed by atoms with Crippen molar-refractivity contribution < 1.29 is 9.53 Å². The number of rotatable bonds is 1. The summed E-state index contributed by atoms with van der Waals surface area (Å²) in [4.78, 5) is 19.0. The maximum absolute atomic E-state index is 12.7. The molecule has 0 aliphatic carbocycles. The minimum Gasteiger partial charge on any atom is -0.444 e. The molecule has 0 saturated carbocycles. The largest absolute Gasteiger partial charge is 0.444 e. The number of piperidine rings is 1. The van der Waals surface area contributed by atoms with Crippen molar-refractivity contribution >= 4 is 17.3 Å². The molecule has 25 heavy (non-hydrogen) atoms. The van der Waals surface area contributed by atoms with Crippen molar-refractivity contribution in [2.75, 3.05) is 0 Å². The molecule has 2 aromatic rings. The Kier molecular flexibility index (Phi) is 3.82. The van der Waals surface area contributed by atoms with E-state index in [9.17, 15) is 4.79 Å². The van der Waals surface area contributed by atoms with Gasteiger partial charge in [0.1, 0.15) is 11.2 Å². The van der Waals surface area contributed by atoms with Crippen molar-refractivity contribution in [1.29, 1.82) is 0 Å². The molecule has 2 aliphatic rings. The molecule has 1 fully saturated rings. The van der Waals surface area contributed by atoms with Gasteiger partial charge < -0.3 is 9.14 Å². The van der Waals surface area contributed by atoms with Crippen molar-refractivity contribution in [1.82, 2.24) is 14.3 Å². The van der Waals surface area contributed by atoms with Crippen molar-refractivity contribution in [3.8, 4) is 0 Å². The van der Waals surface area contributed by atoms with Crippen LogP contribution in [0.25, 0.3) is 11.2 Å². The van der Waals surface area contributed by atoms with Crippen LogP contribution < -0.4 is 0 Å². The van der Waals surface area contributed by atoms with Crippen molar-refractivity contribution in [3.63, 3.8) is 0 Å². The lowest BCUT2D eigenvalue weighted by Crippen LogP contribution is -2.53. The number of hydrogen-bond donors (Lipinski definition) is 0. The highest BCUT2D eigenvalue weighted by Crippen LogP contribution is 2.38. The number of ether oxygens (including phenoxy) is 1. The topological polar surface area (TPSA) is 46.8 Å². The fourth-order valence-electron chi connectivity index (χ4n) is 4.03. The summed E-state index contributed by atoms with van der Waals surface area (Å²) in [5.74, 6) is 0. The van der Waals surface area contributed by atoms with E-state index in [4.69, 9.17) is 4.74 Å². The number of amides is 1. The Bertz CT molecular complexity index is 831. The van der Waals surface area contributed by atoms with Gasteiger partial charge in [-0.1, -0.05) is 12.1 Å². The van der Waals surface area contributed by atoms with E-state index in [2.05, 4.69) is 27.6 Å². The Morgan fingerprint density at radius 2 is 2.12 bits per heavy atom. The van der Waals surface area contributed by atoms with Crippen LogP contribution in [0.15, 0.2) is 36.7 Å². The highest BCUT2D eigenvalue weighted by atomic mass is 16.6. The van der Waals surface area contributed by atoms with E-state index < -0.39 is 5.60 Å². The first-order valence-electron chi connectivity index (χ1n) is 9.07. The Hall–Kier alpha value is -2.30. The molecule has 5 heteroatoms. The maximum atomic E-state index is 12.7. The van der Waals surface area contributed by atoms with Gasteiger partial charge in [-0.15, -0.1) is 0 Å². The molecule has 5 nitrogen and oxygen atoms in total. The maximum Gasteiger partial charge on any atom is 0.411 e. The lowest BCUT2D eigenvalue weighted by atomic mass is 9.84. The molecule has 4 rings (SSSR count). The zero-order chi connectivity index (χ0) is 17.6. The molecule has 0 spiro atoms. The van der Waals surface area contributed by atoms with Gasteiger partial charge in [-0.25, -0.2) is 9.78 Å². The van der Waals surface area contributed by atoms with Gasteiger partial charge in [0.2, 0.25) is 0 Å². The van der Waals surface area contributed by atoms with Crippen molar-refractivity contribution in [2.45, 2.75) is 64.1 Å². The van der Waals surface area contributed by atoms with E-state index in [0.717, 1.165) is 31.3 Å². The third kappa shape index (κ3) is 3.03. The quantitative estimate of drug-likeness (QED) is 0.779. The predicted octanol–water partition coefficient (Wildman–Crippen LogP) is 4.28. The molecule has 132 valence electrons. The second-order valence-electron chi connectivity index (χ2n) is 8.00. The number of carbonyl (C=O) groups is 1. The smallest absolute Gasteiger partial charge is 0.411 e. The van der Waals surface area contributed by atoms with E-state index in [1.54, 1.807) is 0 Å². The van der Waals surface area contributed by atoms with Crippen LogP contribution in [-0.2, 0) is 4.74 Å². The van der Waals surface area contributed by atoms with Gasteiger partial charge in [-0.2, -0.15) is 0 Å². The lowest BCUT2D eigenvalue weighted by molar-refractivity contribution is 0.0000630. The molecule has 2 unspecified atom stereocenters. The first-order chi connectivity index (χ1) is 11.9. The van der Waals surface area contributed by atoms with E-state index in [1.165, 1.54) is 11.3 Å². The summed E-state index contributed by atoms with van der Waals surface area (Å²) in [6, 6.07) is 6.54. The molecule has 4 heterocycles. The van der Waals surface area contributed by atoms with Crippen LogP contribution in [0.3, 0.4) is 0 Å². The molecular weight excluding hydrogens is 314 g/mol. The number of imidazole rings is 1. The fraction of sp³-hybridized carbons (Fsp3) is 0.500. The van der Waals surface area contributed by atoms with Crippen LogP contribution in [0.2, 0.25) is 0 Å². The Morgan fingerprint density at radius 1 is 1.28 bits per heavy atom. The molecule has 2 atom stereocenters. The Balaban J connectivity index is 1.68. The molecule has 1 saturated heterocycles. The Morgan fingerprint density at radius 3 is 2.88 bits per heavy atom. The first-order valence-corrected chi connectivity index (χ1v) is 9.07. The van der Waals surface area contributed by atoms with Gasteiger partial charge in [0, 0.05) is 18.4 Å². The Labute approximate surface area is 148 Å². The second-order valence-corrected chi connectivity index (χ2v) is 8.00. The minimum atomic E-state index is -0.461. The summed E-state index contributed by atoms with van der Waals surface area (Å²) in [7, 11) is 0. The van der Waals surface area contributed by atoms with Gasteiger partial charge in [0.25, 0.3) is 0 Å². The summed E-state index contributed by atoms with van der Waals surface area (Å²) < 4.78 is 7.78. The van der Waals surface area contributed by atoms with Crippen LogP contribution >= 0.6 is 0 Å². The third-order valence-electron chi connectivity index (χ3n) is 5.00. The number of pyridine rings is 1. The van der Waals surface area contributed by atoms with Crippen LogP contribution in [0, 0.1) is 0 Å². The molecule has 0 aromatic carbocycles. The number of fused-ring (bicyclic) bond motifs is 3. The summed E-state index contributed by atoms with van der Waals surface area (Å²) in [6.07, 6.45) is 9.97. The van der Waals surface area contributed by atoms with Crippen molar-refractivity contribution in [2.24, 2.45) is 0 Å². The summed E-state index contributed by atoms with van der Waals surface area (Å²) in [6.45, 7) is 5.77. The zero-order valence-corrected chi connectivity index (χ0v) is 15.1. The monoisotopic (exact) mass is 339 g/mol. The first kappa shape index (κ1) is 16.2. The number of nitrogens with zero attached hydrogens (tertiary/aromatic N) is 3. The minimum absolute atomic E-state index is 0.121. The molecule has 2 aliphatic heterocycles. The van der Waals surface area contributed by atoms with E-state index in [1.807, 2.05) is 44.1 Å². The average Bonchev–Trinajstić information content (AvgIpc) is 3.00. The molecular formula is C20H25N3O2. The SMILES string of the molecule is CC(C)(C)OC(=O)N1C2C=C(c3cccc4nccn34)CC1CCC2. The van der Waals surface area contributed by atoms with Crippen molar-refractivity contribution in [3.05, 3.63) is 42.4 Å². The molecule has 1 amide bonds. The third-order valence-corrected chi connectivity index (χ3v) is 5.00. The summed E-state index contributed by atoms with van der Waals surface area (Å²) in [5.41, 5.74) is 2.98. The van der Waals surface area contributed by atoms with Gasteiger partial charge >= 0.3 is 6.09 Å². The van der Waals surface area contributed by atoms with Crippen LogP contribution in [0.1, 0.15) is 52.1 Å². The fourth-order valence-corrected chi connectivity index (χ4v) is 4.03. The second kappa shape index (κ2) is 5.90. The van der Waals surface area contributed by atoms with Crippen LogP contribution in [-0.4, -0.2) is 38.1 Å². The predicted molar refractivity (Wildman–Crippen MR) is 97.3 cm³/mol. The molecule has 2 bridgehead atoms. The molecule has 2 aromatic heterocycles. The summed E-state index contributed by atoms with van der Waals surface area (Å²) in [5, 5.41) is 0. The zero-order valence-electron chi connectivity index (χ0n) is 15.1. The van der Waals surface area contributed by atoms with Gasteiger partial charge in [0.15, 0.2) is 0 Å². The molecule has 0 N–H and O–H groups in total. The lowest BCUT2D eigenvalue weighted by Gasteiger charge is -2.45. The number of aromatic nitrogens is 2. The van der Waals surface area contributed by atoms with E-state index >= 15 is 0 Å². The number of hydrogen-bond acceptors (Lipinski definition) is 3. The highest BCUT2D eigenvalue weighted by molar-refractivity contribution is 5.74. The van der Waals surface area contributed by atoms with Gasteiger partial charge in [-0.3, -0.25) is 4.90 Å². The van der Waals surface area contributed by atoms with E-state index in [-0.39, 0.29) is 18.2 Å². The normalized spacial score (nSPS) is 23.5. The van der Waals surface area contributed by atoms with E-state index in [0.29, 0.717) is 0 Å². The highest BCUT2D eigenvalue weighted by Gasteiger charge is 2.39.